The molecule has 0 aliphatic carbocycles. The zero-order chi connectivity index (χ0) is 10.6. The molecule has 82 valence electrons. The highest BCUT2D eigenvalue weighted by Gasteiger charge is 2.28. The third-order valence-corrected chi connectivity index (χ3v) is 2.76. The SMILES string of the molecule is CCC(N)C(=O)N1CCC(COC)C1. The van der Waals surface area contributed by atoms with Gasteiger partial charge in [-0.2, -0.15) is 0 Å². The lowest BCUT2D eigenvalue weighted by molar-refractivity contribution is -0.131. The van der Waals surface area contributed by atoms with Crippen LogP contribution in [-0.2, 0) is 9.53 Å². The van der Waals surface area contributed by atoms with Crippen molar-refractivity contribution in [1.82, 2.24) is 4.90 Å². The molecule has 1 amide bonds. The molecule has 0 bridgehead atoms. The molecule has 0 saturated carbocycles. The van der Waals surface area contributed by atoms with Gasteiger partial charge in [-0.3, -0.25) is 4.79 Å². The average molecular weight is 200 g/mol. The van der Waals surface area contributed by atoms with E-state index in [0.717, 1.165) is 26.1 Å². The lowest BCUT2D eigenvalue weighted by Gasteiger charge is -2.19. The summed E-state index contributed by atoms with van der Waals surface area (Å²) in [5.41, 5.74) is 5.69. The molecule has 0 aromatic rings. The molecule has 14 heavy (non-hydrogen) atoms. The first-order valence-corrected chi connectivity index (χ1v) is 5.22. The van der Waals surface area contributed by atoms with Gasteiger partial charge in [0.05, 0.1) is 12.6 Å². The van der Waals surface area contributed by atoms with E-state index in [-0.39, 0.29) is 11.9 Å². The zero-order valence-corrected chi connectivity index (χ0v) is 9.03. The second-order valence-electron chi connectivity index (χ2n) is 3.91. The molecule has 1 fully saturated rings. The molecule has 0 aromatic heterocycles. The summed E-state index contributed by atoms with van der Waals surface area (Å²) in [5.74, 6) is 0.583. The number of hydrogen-bond acceptors (Lipinski definition) is 3. The fraction of sp³-hybridized carbons (Fsp3) is 0.900. The number of nitrogens with zero attached hydrogens (tertiary/aromatic N) is 1. The van der Waals surface area contributed by atoms with Crippen LogP contribution < -0.4 is 5.73 Å². The maximum absolute atomic E-state index is 11.7. The normalized spacial score (nSPS) is 23.9. The Balaban J connectivity index is 2.37. The Hall–Kier alpha value is -0.610. The molecular formula is C10H20N2O2. The van der Waals surface area contributed by atoms with Crippen LogP contribution in [0.5, 0.6) is 0 Å². The Bertz CT molecular complexity index is 197. The number of ether oxygens (including phenoxy) is 1. The number of methoxy groups -OCH3 is 1. The smallest absolute Gasteiger partial charge is 0.239 e. The number of carbonyl (C=O) groups excluding carboxylic acids is 1. The third-order valence-electron chi connectivity index (χ3n) is 2.76. The molecule has 2 unspecified atom stereocenters. The van der Waals surface area contributed by atoms with E-state index in [1.807, 2.05) is 11.8 Å². The van der Waals surface area contributed by atoms with Crippen LogP contribution in [-0.4, -0.2) is 43.7 Å². The second-order valence-corrected chi connectivity index (χ2v) is 3.91. The van der Waals surface area contributed by atoms with Crippen molar-refractivity contribution < 1.29 is 9.53 Å². The van der Waals surface area contributed by atoms with Gasteiger partial charge in [-0.1, -0.05) is 6.92 Å². The largest absolute Gasteiger partial charge is 0.384 e. The van der Waals surface area contributed by atoms with Crippen LogP contribution in [0.25, 0.3) is 0 Å². The maximum Gasteiger partial charge on any atom is 0.239 e. The Kier molecular flexibility index (Phi) is 4.35. The fourth-order valence-corrected chi connectivity index (χ4v) is 1.81. The molecule has 1 rings (SSSR count). The molecule has 1 aliphatic heterocycles. The Morgan fingerprint density at radius 2 is 2.43 bits per heavy atom. The van der Waals surface area contributed by atoms with Crippen LogP contribution in [0.1, 0.15) is 19.8 Å². The van der Waals surface area contributed by atoms with Crippen molar-refractivity contribution >= 4 is 5.91 Å². The molecule has 1 aliphatic rings. The molecular weight excluding hydrogens is 180 g/mol. The zero-order valence-electron chi connectivity index (χ0n) is 9.03. The number of hydrogen-bond donors (Lipinski definition) is 1. The summed E-state index contributed by atoms with van der Waals surface area (Å²) >= 11 is 0. The van der Waals surface area contributed by atoms with Gasteiger partial charge in [0, 0.05) is 26.1 Å². The van der Waals surface area contributed by atoms with E-state index in [2.05, 4.69) is 0 Å². The predicted molar refractivity (Wildman–Crippen MR) is 54.8 cm³/mol. The Morgan fingerprint density at radius 1 is 1.71 bits per heavy atom. The van der Waals surface area contributed by atoms with E-state index in [9.17, 15) is 4.79 Å². The summed E-state index contributed by atoms with van der Waals surface area (Å²) in [7, 11) is 1.70. The molecule has 0 aromatic carbocycles. The minimum atomic E-state index is -0.323. The van der Waals surface area contributed by atoms with Gasteiger partial charge in [0.25, 0.3) is 0 Å². The van der Waals surface area contributed by atoms with Crippen molar-refractivity contribution in [2.75, 3.05) is 26.8 Å². The second kappa shape index (κ2) is 5.32. The third kappa shape index (κ3) is 2.69. The van der Waals surface area contributed by atoms with Crippen LogP contribution in [0.15, 0.2) is 0 Å². The van der Waals surface area contributed by atoms with Gasteiger partial charge in [0.15, 0.2) is 0 Å². The van der Waals surface area contributed by atoms with Crippen molar-refractivity contribution in [3.63, 3.8) is 0 Å². The van der Waals surface area contributed by atoms with Gasteiger partial charge in [-0.25, -0.2) is 0 Å². The van der Waals surface area contributed by atoms with Crippen LogP contribution in [0.3, 0.4) is 0 Å². The molecule has 2 N–H and O–H groups in total. The first-order valence-electron chi connectivity index (χ1n) is 5.22. The molecule has 1 heterocycles. The molecule has 0 spiro atoms. The lowest BCUT2D eigenvalue weighted by atomic mass is 10.1. The summed E-state index contributed by atoms with van der Waals surface area (Å²) in [6.45, 7) is 4.32. The standard InChI is InChI=1S/C10H20N2O2/c1-3-9(11)10(13)12-5-4-8(6-12)7-14-2/h8-9H,3-7,11H2,1-2H3. The summed E-state index contributed by atoms with van der Waals surface area (Å²) in [4.78, 5) is 13.5. The monoisotopic (exact) mass is 200 g/mol. The topological polar surface area (TPSA) is 55.6 Å². The predicted octanol–water partition coefficient (Wildman–Crippen LogP) is 0.219. The molecule has 4 nitrogen and oxygen atoms in total. The first kappa shape index (κ1) is 11.5. The summed E-state index contributed by atoms with van der Waals surface area (Å²) in [5, 5.41) is 0. The van der Waals surface area contributed by atoms with E-state index in [1.54, 1.807) is 7.11 Å². The minimum absolute atomic E-state index is 0.0890. The van der Waals surface area contributed by atoms with Crippen molar-refractivity contribution in [1.29, 1.82) is 0 Å². The van der Waals surface area contributed by atoms with Gasteiger partial charge in [0.2, 0.25) is 5.91 Å². The number of amides is 1. The van der Waals surface area contributed by atoms with Crippen molar-refractivity contribution in [3.05, 3.63) is 0 Å². The molecule has 2 atom stereocenters. The summed E-state index contributed by atoms with van der Waals surface area (Å²) < 4.78 is 5.07. The van der Waals surface area contributed by atoms with Gasteiger partial charge in [-0.15, -0.1) is 0 Å². The van der Waals surface area contributed by atoms with E-state index < -0.39 is 0 Å². The van der Waals surface area contributed by atoms with Gasteiger partial charge < -0.3 is 15.4 Å². The van der Waals surface area contributed by atoms with Crippen molar-refractivity contribution in [2.45, 2.75) is 25.8 Å². The van der Waals surface area contributed by atoms with Crippen molar-refractivity contribution in [3.8, 4) is 0 Å². The van der Waals surface area contributed by atoms with Gasteiger partial charge >= 0.3 is 0 Å². The molecule has 4 heteroatoms. The van der Waals surface area contributed by atoms with E-state index in [1.165, 1.54) is 0 Å². The number of nitrogens with two attached hydrogens (primary N) is 1. The van der Waals surface area contributed by atoms with Crippen LogP contribution in [0, 0.1) is 5.92 Å². The molecule has 1 saturated heterocycles. The number of rotatable bonds is 4. The Labute approximate surface area is 85.4 Å². The van der Waals surface area contributed by atoms with Gasteiger partial charge in [-0.05, 0) is 12.8 Å². The average Bonchev–Trinajstić information content (AvgIpc) is 2.64. The van der Waals surface area contributed by atoms with Crippen LogP contribution >= 0.6 is 0 Å². The first-order chi connectivity index (χ1) is 6.69. The van der Waals surface area contributed by atoms with Crippen molar-refractivity contribution in [2.24, 2.45) is 11.7 Å². The number of likely N-dealkylation sites (tertiary alicyclic amines) is 1. The lowest BCUT2D eigenvalue weighted by Crippen LogP contribution is -2.42. The Morgan fingerprint density at radius 3 is 3.00 bits per heavy atom. The fourth-order valence-electron chi connectivity index (χ4n) is 1.81. The highest BCUT2D eigenvalue weighted by molar-refractivity contribution is 5.81. The summed E-state index contributed by atoms with van der Waals surface area (Å²) in [6, 6.07) is -0.323. The van der Waals surface area contributed by atoms with E-state index in [4.69, 9.17) is 10.5 Å². The highest BCUT2D eigenvalue weighted by atomic mass is 16.5. The van der Waals surface area contributed by atoms with Crippen LogP contribution in [0.4, 0.5) is 0 Å². The quantitative estimate of drug-likeness (QED) is 0.706. The highest BCUT2D eigenvalue weighted by Crippen LogP contribution is 2.17. The molecule has 0 radical (unpaired) electrons. The van der Waals surface area contributed by atoms with E-state index in [0.29, 0.717) is 12.3 Å². The maximum atomic E-state index is 11.7. The van der Waals surface area contributed by atoms with E-state index >= 15 is 0 Å². The van der Waals surface area contributed by atoms with Gasteiger partial charge in [0.1, 0.15) is 0 Å². The minimum Gasteiger partial charge on any atom is -0.384 e. The number of carbonyl (C=O) groups is 1. The summed E-state index contributed by atoms with van der Waals surface area (Å²) in [6.07, 6.45) is 1.75. The van der Waals surface area contributed by atoms with Crippen LogP contribution in [0.2, 0.25) is 0 Å².